The maximum absolute atomic E-state index is 9.96. The van der Waals surface area contributed by atoms with Crippen molar-refractivity contribution in [2.45, 2.75) is 13.3 Å². The van der Waals surface area contributed by atoms with Crippen LogP contribution in [0.5, 0.6) is 0 Å². The zero-order chi connectivity index (χ0) is 9.23. The summed E-state index contributed by atoms with van der Waals surface area (Å²) < 4.78 is 4.26. The lowest BCUT2D eigenvalue weighted by molar-refractivity contribution is -0.140. The minimum Gasteiger partial charge on any atom is -0.469 e. The van der Waals surface area contributed by atoms with E-state index in [1.54, 1.807) is 19.3 Å². The van der Waals surface area contributed by atoms with Crippen LogP contribution in [0.25, 0.3) is 0 Å². The summed E-state index contributed by atoms with van der Waals surface area (Å²) in [7, 11) is 1.38. The lowest BCUT2D eigenvalue weighted by Gasteiger charge is -1.87. The number of carbonyl (C=O) groups excluding carboxylic acids is 1. The number of esters is 1. The molecule has 0 spiro atoms. The molecule has 1 rings (SSSR count). The third-order valence-corrected chi connectivity index (χ3v) is 1.08. The molecule has 1 heterocycles. The summed E-state index contributed by atoms with van der Waals surface area (Å²) in [4.78, 5) is 13.7. The van der Waals surface area contributed by atoms with Gasteiger partial charge in [0.05, 0.1) is 7.11 Å². The number of rotatable bonds is 1. The third kappa shape index (κ3) is 10.9. The quantitative estimate of drug-likeness (QED) is 0.656. The average Bonchev–Trinajstić information content (AvgIpc) is 2.20. The molecule has 0 amide bonds. The van der Waals surface area contributed by atoms with Crippen molar-refractivity contribution in [1.29, 1.82) is 0 Å². The van der Waals surface area contributed by atoms with Crippen molar-refractivity contribution >= 4 is 18.4 Å². The monoisotopic (exact) mass is 203 g/mol. The predicted octanol–water partition coefficient (Wildman–Crippen LogP) is 2.07. The zero-order valence-corrected chi connectivity index (χ0v) is 8.58. The number of aromatic nitrogens is 1. The maximum atomic E-state index is 9.96. The van der Waals surface area contributed by atoms with E-state index in [0.717, 1.165) is 0 Å². The topological polar surface area (TPSA) is 39.2 Å². The van der Waals surface area contributed by atoms with E-state index in [4.69, 9.17) is 0 Å². The van der Waals surface area contributed by atoms with Crippen molar-refractivity contribution in [2.24, 2.45) is 0 Å². The molecule has 13 heavy (non-hydrogen) atoms. The standard InChI is InChI=1S/C5H5N.C4H8O2.ClH/c1-2-4-6-5-3-1;1-3-4(5)6-2;/h1-5H;3H2,1-2H3;1H. The van der Waals surface area contributed by atoms with E-state index in [1.807, 2.05) is 18.2 Å². The number of halogens is 1. The Bertz CT molecular complexity index is 171. The van der Waals surface area contributed by atoms with E-state index < -0.39 is 0 Å². The van der Waals surface area contributed by atoms with E-state index in [9.17, 15) is 4.79 Å². The molecule has 0 radical (unpaired) electrons. The van der Waals surface area contributed by atoms with Crippen LogP contribution in [-0.4, -0.2) is 18.1 Å². The fourth-order valence-corrected chi connectivity index (χ4v) is 0.457. The van der Waals surface area contributed by atoms with Gasteiger partial charge in [0.1, 0.15) is 0 Å². The first-order valence-corrected chi connectivity index (χ1v) is 3.73. The smallest absolute Gasteiger partial charge is 0.305 e. The zero-order valence-electron chi connectivity index (χ0n) is 7.77. The number of pyridine rings is 1. The fourth-order valence-electron chi connectivity index (χ4n) is 0.457. The first-order chi connectivity index (χ1) is 5.81. The molecule has 0 unspecified atom stereocenters. The van der Waals surface area contributed by atoms with Gasteiger partial charge in [-0.25, -0.2) is 0 Å². The molecule has 0 bridgehead atoms. The highest BCUT2D eigenvalue weighted by Gasteiger charge is 1.87. The molecule has 0 saturated heterocycles. The number of hydrogen-bond acceptors (Lipinski definition) is 3. The van der Waals surface area contributed by atoms with E-state index >= 15 is 0 Å². The number of nitrogens with zero attached hydrogens (tertiary/aromatic N) is 1. The molecule has 74 valence electrons. The SMILES string of the molecule is CCC(=O)OC.Cl.c1ccncc1. The highest BCUT2D eigenvalue weighted by Crippen LogP contribution is 1.76. The second-order valence-corrected chi connectivity index (χ2v) is 1.95. The molecule has 0 aliphatic carbocycles. The van der Waals surface area contributed by atoms with Gasteiger partial charge < -0.3 is 4.74 Å². The fraction of sp³-hybridized carbons (Fsp3) is 0.333. The molecule has 0 saturated carbocycles. The molecule has 4 heteroatoms. The summed E-state index contributed by atoms with van der Waals surface area (Å²) in [6.07, 6.45) is 3.97. The van der Waals surface area contributed by atoms with Crippen molar-refractivity contribution in [2.75, 3.05) is 7.11 Å². The predicted molar refractivity (Wildman–Crippen MR) is 53.8 cm³/mol. The second-order valence-electron chi connectivity index (χ2n) is 1.95. The highest BCUT2D eigenvalue weighted by molar-refractivity contribution is 5.85. The number of hydrogen-bond donors (Lipinski definition) is 0. The summed E-state index contributed by atoms with van der Waals surface area (Å²) in [6, 6.07) is 5.72. The van der Waals surface area contributed by atoms with Gasteiger partial charge in [0.25, 0.3) is 0 Å². The molecular weight excluding hydrogens is 190 g/mol. The summed E-state index contributed by atoms with van der Waals surface area (Å²) >= 11 is 0. The normalized spacial score (nSPS) is 7.23. The van der Waals surface area contributed by atoms with Crippen LogP contribution in [0.2, 0.25) is 0 Å². The van der Waals surface area contributed by atoms with Crippen molar-refractivity contribution in [1.82, 2.24) is 4.98 Å². The lowest BCUT2D eigenvalue weighted by Crippen LogP contribution is -1.94. The average molecular weight is 204 g/mol. The summed E-state index contributed by atoms with van der Waals surface area (Å²) in [5.74, 6) is -0.157. The third-order valence-electron chi connectivity index (χ3n) is 1.08. The van der Waals surface area contributed by atoms with Crippen LogP contribution in [0.15, 0.2) is 30.6 Å². The van der Waals surface area contributed by atoms with E-state index in [0.29, 0.717) is 6.42 Å². The number of carbonyl (C=O) groups is 1. The van der Waals surface area contributed by atoms with Crippen LogP contribution in [-0.2, 0) is 9.53 Å². The minimum atomic E-state index is -0.157. The first kappa shape index (κ1) is 14.4. The van der Waals surface area contributed by atoms with Crippen LogP contribution in [0.1, 0.15) is 13.3 Å². The van der Waals surface area contributed by atoms with Crippen molar-refractivity contribution < 1.29 is 9.53 Å². The second kappa shape index (κ2) is 10.9. The van der Waals surface area contributed by atoms with Gasteiger partial charge >= 0.3 is 5.97 Å². The Kier molecular flexibility index (Phi) is 12.1. The van der Waals surface area contributed by atoms with E-state index in [-0.39, 0.29) is 18.4 Å². The van der Waals surface area contributed by atoms with Crippen molar-refractivity contribution in [3.05, 3.63) is 30.6 Å². The number of ether oxygens (including phenoxy) is 1. The molecule has 0 fully saturated rings. The van der Waals surface area contributed by atoms with Crippen LogP contribution in [0.3, 0.4) is 0 Å². The first-order valence-electron chi connectivity index (χ1n) is 3.73. The molecular formula is C9H14ClNO2. The molecule has 3 nitrogen and oxygen atoms in total. The Balaban J connectivity index is 0. The largest absolute Gasteiger partial charge is 0.469 e. The molecule has 0 aromatic carbocycles. The Morgan fingerprint density at radius 3 is 1.92 bits per heavy atom. The minimum absolute atomic E-state index is 0. The van der Waals surface area contributed by atoms with E-state index in [2.05, 4.69) is 9.72 Å². The van der Waals surface area contributed by atoms with Crippen LogP contribution in [0.4, 0.5) is 0 Å². The lowest BCUT2D eigenvalue weighted by atomic mass is 10.5. The summed E-state index contributed by atoms with van der Waals surface area (Å²) in [5, 5.41) is 0. The van der Waals surface area contributed by atoms with Crippen LogP contribution >= 0.6 is 12.4 Å². The van der Waals surface area contributed by atoms with Crippen molar-refractivity contribution in [3.63, 3.8) is 0 Å². The van der Waals surface area contributed by atoms with Crippen LogP contribution in [0, 0.1) is 0 Å². The van der Waals surface area contributed by atoms with Gasteiger partial charge in [-0.3, -0.25) is 9.78 Å². The molecule has 1 aromatic heterocycles. The molecule has 0 aliphatic rings. The van der Waals surface area contributed by atoms with E-state index in [1.165, 1.54) is 7.11 Å². The summed E-state index contributed by atoms with van der Waals surface area (Å²) in [6.45, 7) is 1.76. The molecule has 1 aromatic rings. The molecule has 0 N–H and O–H groups in total. The molecule has 0 atom stereocenters. The maximum Gasteiger partial charge on any atom is 0.305 e. The molecule has 0 aliphatic heterocycles. The van der Waals surface area contributed by atoms with Gasteiger partial charge in [-0.05, 0) is 12.1 Å². The van der Waals surface area contributed by atoms with Crippen LogP contribution < -0.4 is 0 Å². The van der Waals surface area contributed by atoms with Gasteiger partial charge in [-0.1, -0.05) is 13.0 Å². The highest BCUT2D eigenvalue weighted by atomic mass is 35.5. The Hall–Kier alpha value is -1.09. The summed E-state index contributed by atoms with van der Waals surface area (Å²) in [5.41, 5.74) is 0. The van der Waals surface area contributed by atoms with Gasteiger partial charge in [0.15, 0.2) is 0 Å². The Labute approximate surface area is 84.5 Å². The van der Waals surface area contributed by atoms with Gasteiger partial charge in [0.2, 0.25) is 0 Å². The Morgan fingerprint density at radius 2 is 1.85 bits per heavy atom. The number of methoxy groups -OCH3 is 1. The van der Waals surface area contributed by atoms with Crippen molar-refractivity contribution in [3.8, 4) is 0 Å². The Morgan fingerprint density at radius 1 is 1.31 bits per heavy atom. The van der Waals surface area contributed by atoms with Gasteiger partial charge in [-0.2, -0.15) is 0 Å². The van der Waals surface area contributed by atoms with Gasteiger partial charge in [-0.15, -0.1) is 12.4 Å². The van der Waals surface area contributed by atoms with Gasteiger partial charge in [0, 0.05) is 18.8 Å².